The third kappa shape index (κ3) is 7.44. The summed E-state index contributed by atoms with van der Waals surface area (Å²) in [5, 5.41) is 10.7. The smallest absolute Gasteiger partial charge is 0.387 e. The van der Waals surface area contributed by atoms with Gasteiger partial charge in [0.2, 0.25) is 0 Å². The molecule has 1 fully saturated rings. The summed E-state index contributed by atoms with van der Waals surface area (Å²) in [6.07, 6.45) is 6.13. The number of nitriles is 1. The number of carbonyl (C=O) groups excluding carboxylic acids is 1. The van der Waals surface area contributed by atoms with Crippen LogP contribution in [0.5, 0.6) is 11.5 Å². The minimum atomic E-state index is -3.03. The lowest BCUT2D eigenvalue weighted by atomic mass is 10.0. The fourth-order valence-corrected chi connectivity index (χ4v) is 4.88. The van der Waals surface area contributed by atoms with Crippen LogP contribution in [0.2, 0.25) is 10.0 Å². The summed E-state index contributed by atoms with van der Waals surface area (Å²) in [6, 6.07) is 13.6. The van der Waals surface area contributed by atoms with E-state index in [0.717, 1.165) is 23.7 Å². The Morgan fingerprint density at radius 3 is 2.54 bits per heavy atom. The van der Waals surface area contributed by atoms with Gasteiger partial charge in [0, 0.05) is 29.1 Å². The van der Waals surface area contributed by atoms with Gasteiger partial charge in [0.05, 0.1) is 18.2 Å². The number of fused-ring (bicyclic) bond motifs is 1. The van der Waals surface area contributed by atoms with E-state index in [1.807, 2.05) is 6.07 Å². The molecule has 214 valence electrons. The molecule has 0 unspecified atom stereocenters. The second-order valence-electron chi connectivity index (χ2n) is 9.48. The standard InChI is InChI=1S/C29H23Cl2F2N3O4.H2O/c30-22-13-35-14-23(31)21(22)11-26(20-4-6-25(40-29(32)33)27(10-20)38-16-17-1-2-17)39-28(37)15-36-8-7-19-9-18(12-34)3-5-24(19)36;/h3-10,13-14,17,26,29H,1-2,11,15-16H2;1H2/t26-;/m0./s1. The number of H-pyrrole nitrogens is 1. The molecule has 8 nitrogen and oxygen atoms in total. The van der Waals surface area contributed by atoms with E-state index in [4.69, 9.17) is 37.9 Å². The van der Waals surface area contributed by atoms with Crippen molar-refractivity contribution in [2.24, 2.45) is 5.92 Å². The number of hydrogen-bond acceptors (Lipinski definition) is 6. The number of hydrogen-bond donors (Lipinski definition) is 0. The van der Waals surface area contributed by atoms with Crippen molar-refractivity contribution in [3.05, 3.63) is 87.8 Å². The van der Waals surface area contributed by atoms with E-state index in [1.54, 1.807) is 53.5 Å². The molecule has 2 heterocycles. The molecule has 41 heavy (non-hydrogen) atoms. The van der Waals surface area contributed by atoms with Crippen molar-refractivity contribution >= 4 is 40.1 Å². The van der Waals surface area contributed by atoms with Gasteiger partial charge < -0.3 is 24.3 Å². The van der Waals surface area contributed by atoms with Gasteiger partial charge in [0.15, 0.2) is 23.9 Å². The molecule has 0 saturated heterocycles. The number of nitrogens with zero attached hydrogens (tertiary/aromatic N) is 2. The van der Waals surface area contributed by atoms with E-state index < -0.39 is 18.7 Å². The lowest BCUT2D eigenvalue weighted by Gasteiger charge is -2.21. The molecule has 0 bridgehead atoms. The van der Waals surface area contributed by atoms with E-state index in [0.29, 0.717) is 39.3 Å². The minimum absolute atomic E-state index is 0. The van der Waals surface area contributed by atoms with Crippen LogP contribution in [-0.4, -0.2) is 29.2 Å². The maximum Gasteiger partial charge on any atom is 0.387 e. The molecule has 12 heteroatoms. The van der Waals surface area contributed by atoms with Gasteiger partial charge >= 0.3 is 12.6 Å². The zero-order chi connectivity index (χ0) is 28.2. The Bertz CT molecular complexity index is 1570. The van der Waals surface area contributed by atoms with Crippen LogP contribution in [-0.2, 0) is 22.5 Å². The fraction of sp³-hybridized carbons (Fsp3) is 0.276. The third-order valence-electron chi connectivity index (χ3n) is 6.59. The van der Waals surface area contributed by atoms with E-state index in [1.165, 1.54) is 6.07 Å². The zero-order valence-corrected chi connectivity index (χ0v) is 23.0. The first-order chi connectivity index (χ1) is 19.3. The predicted octanol–water partition coefficient (Wildman–Crippen LogP) is 6.37. The molecule has 5 rings (SSSR count). The number of ether oxygens (including phenoxy) is 3. The average molecular weight is 604 g/mol. The first-order valence-corrected chi connectivity index (χ1v) is 13.3. The summed E-state index contributed by atoms with van der Waals surface area (Å²) in [7, 11) is 0. The number of alkyl halides is 2. The minimum Gasteiger partial charge on any atom is -0.870 e. The molecule has 4 aromatic rings. The molecular weight excluding hydrogens is 579 g/mol. The summed E-state index contributed by atoms with van der Waals surface area (Å²) in [6.45, 7) is -2.76. The van der Waals surface area contributed by atoms with Crippen molar-refractivity contribution in [1.29, 1.82) is 5.26 Å². The maximum atomic E-state index is 13.2. The Morgan fingerprint density at radius 2 is 1.85 bits per heavy atom. The van der Waals surface area contributed by atoms with Gasteiger partial charge in [0.25, 0.3) is 0 Å². The van der Waals surface area contributed by atoms with Crippen LogP contribution >= 0.6 is 23.2 Å². The Balaban J connectivity index is 0.00000387. The molecule has 1 aliphatic rings. The normalized spacial score (nSPS) is 13.4. The molecule has 0 amide bonds. The van der Waals surface area contributed by atoms with Crippen LogP contribution < -0.4 is 14.5 Å². The van der Waals surface area contributed by atoms with E-state index >= 15 is 0 Å². The highest BCUT2D eigenvalue weighted by atomic mass is 35.5. The summed E-state index contributed by atoms with van der Waals surface area (Å²) in [5.74, 6) is -0.148. The van der Waals surface area contributed by atoms with Gasteiger partial charge in [-0.15, -0.1) is 0 Å². The van der Waals surface area contributed by atoms with E-state index in [9.17, 15) is 13.6 Å². The summed E-state index contributed by atoms with van der Waals surface area (Å²) in [4.78, 5) is 16.1. The summed E-state index contributed by atoms with van der Waals surface area (Å²) in [5.41, 5.74) is 2.32. The first-order valence-electron chi connectivity index (χ1n) is 12.5. The molecule has 0 radical (unpaired) electrons. The number of halogens is 4. The maximum absolute atomic E-state index is 13.2. The van der Waals surface area contributed by atoms with Gasteiger partial charge in [-0.05, 0) is 60.7 Å². The van der Waals surface area contributed by atoms with Crippen LogP contribution in [0, 0.1) is 17.2 Å². The Hall–Kier alpha value is -3.91. The predicted molar refractivity (Wildman–Crippen MR) is 145 cm³/mol. The highest BCUT2D eigenvalue weighted by Crippen LogP contribution is 2.37. The summed E-state index contributed by atoms with van der Waals surface area (Å²) >= 11 is 12.8. The molecular formula is C29H25Cl2F2N3O5. The van der Waals surface area contributed by atoms with Gasteiger partial charge in [-0.2, -0.15) is 14.0 Å². The van der Waals surface area contributed by atoms with Crippen LogP contribution in [0.3, 0.4) is 0 Å². The molecule has 2 N–H and O–H groups in total. The molecule has 0 aliphatic heterocycles. The zero-order valence-electron chi connectivity index (χ0n) is 21.5. The Labute approximate surface area is 244 Å². The number of nitrogens with one attached hydrogen (secondary N) is 1. The van der Waals surface area contributed by atoms with Crippen molar-refractivity contribution in [1.82, 2.24) is 4.57 Å². The Kier molecular flexibility index (Phi) is 9.65. The molecule has 1 atom stereocenters. The van der Waals surface area contributed by atoms with Crippen molar-refractivity contribution < 1.29 is 38.2 Å². The molecule has 1 saturated carbocycles. The fourth-order valence-electron chi connectivity index (χ4n) is 4.35. The van der Waals surface area contributed by atoms with Gasteiger partial charge in [0.1, 0.15) is 22.7 Å². The van der Waals surface area contributed by atoms with Crippen LogP contribution in [0.15, 0.2) is 61.1 Å². The number of pyridine rings is 1. The molecule has 0 spiro atoms. The monoisotopic (exact) mass is 603 g/mol. The second kappa shape index (κ2) is 13.2. The first kappa shape index (κ1) is 30.1. The van der Waals surface area contributed by atoms with Crippen molar-refractivity contribution in [3.63, 3.8) is 0 Å². The summed E-state index contributed by atoms with van der Waals surface area (Å²) < 4.78 is 44.3. The average Bonchev–Trinajstić information content (AvgIpc) is 3.68. The van der Waals surface area contributed by atoms with Crippen LogP contribution in [0.4, 0.5) is 8.78 Å². The lowest BCUT2D eigenvalue weighted by molar-refractivity contribution is -0.377. The van der Waals surface area contributed by atoms with Crippen molar-refractivity contribution in [2.75, 3.05) is 6.61 Å². The molecule has 1 aliphatic carbocycles. The van der Waals surface area contributed by atoms with Crippen LogP contribution in [0.1, 0.15) is 35.6 Å². The van der Waals surface area contributed by atoms with E-state index in [2.05, 4.69) is 15.8 Å². The number of aromatic amines is 1. The SMILES string of the molecule is N#Cc1ccc2c(ccn2CC(=O)O[C@@H](Cc2c(Cl)c[nH+]cc2Cl)c2ccc(OC(F)F)c(OCC3CC3)c2)c1.[OH-]. The Morgan fingerprint density at radius 1 is 1.10 bits per heavy atom. The number of rotatable bonds is 11. The largest absolute Gasteiger partial charge is 0.870 e. The number of aromatic nitrogens is 2. The lowest BCUT2D eigenvalue weighted by Crippen LogP contribution is -2.19. The molecule has 2 aromatic carbocycles. The van der Waals surface area contributed by atoms with Crippen molar-refractivity contribution in [2.45, 2.75) is 38.5 Å². The second-order valence-corrected chi connectivity index (χ2v) is 10.3. The highest BCUT2D eigenvalue weighted by Gasteiger charge is 2.26. The van der Waals surface area contributed by atoms with Crippen LogP contribution in [0.25, 0.3) is 10.9 Å². The molecule has 2 aromatic heterocycles. The number of benzene rings is 2. The topological polar surface area (TPSA) is 118 Å². The third-order valence-corrected chi connectivity index (χ3v) is 7.26. The van der Waals surface area contributed by atoms with E-state index in [-0.39, 0.29) is 29.9 Å². The quantitative estimate of drug-likeness (QED) is 0.184. The highest BCUT2D eigenvalue weighted by molar-refractivity contribution is 6.35. The van der Waals surface area contributed by atoms with Gasteiger partial charge in [-0.3, -0.25) is 4.79 Å². The number of esters is 1. The van der Waals surface area contributed by atoms with Gasteiger partial charge in [-0.1, -0.05) is 29.3 Å². The number of carbonyl (C=O) groups is 1. The van der Waals surface area contributed by atoms with Crippen molar-refractivity contribution in [3.8, 4) is 17.6 Å². The van der Waals surface area contributed by atoms with Gasteiger partial charge in [-0.25, -0.2) is 4.98 Å².